The van der Waals surface area contributed by atoms with Crippen LogP contribution in [0.25, 0.3) is 0 Å². The van der Waals surface area contributed by atoms with Crippen molar-refractivity contribution in [2.75, 3.05) is 26.7 Å². The third-order valence-electron chi connectivity index (χ3n) is 5.00. The predicted octanol–water partition coefficient (Wildman–Crippen LogP) is 2.43. The molecule has 1 heterocycles. The van der Waals surface area contributed by atoms with E-state index in [0.29, 0.717) is 25.5 Å². The number of rotatable bonds is 8. The average molecular weight is 526 g/mol. The molecule has 6 nitrogen and oxygen atoms in total. The van der Waals surface area contributed by atoms with Gasteiger partial charge in [0.1, 0.15) is 11.6 Å². The van der Waals surface area contributed by atoms with Crippen LogP contribution >= 0.6 is 24.0 Å². The third kappa shape index (κ3) is 6.86. The SMILES string of the molecule is CN=C(NCCc1ccc2c(c1)CCO2)NCC(Cc1ccc(F)cc1)C(N)=O.I. The molecule has 0 bridgehead atoms. The number of nitrogens with two attached hydrogens (primary N) is 1. The fourth-order valence-corrected chi connectivity index (χ4v) is 3.34. The van der Waals surface area contributed by atoms with Crippen molar-refractivity contribution in [3.63, 3.8) is 0 Å². The molecule has 1 unspecified atom stereocenters. The summed E-state index contributed by atoms with van der Waals surface area (Å²) < 4.78 is 18.6. The molecular weight excluding hydrogens is 498 g/mol. The van der Waals surface area contributed by atoms with Gasteiger partial charge in [-0.3, -0.25) is 9.79 Å². The van der Waals surface area contributed by atoms with Crippen molar-refractivity contribution in [2.45, 2.75) is 19.3 Å². The monoisotopic (exact) mass is 526 g/mol. The van der Waals surface area contributed by atoms with Gasteiger partial charge >= 0.3 is 0 Å². The number of carbonyl (C=O) groups excluding carboxylic acids is 1. The largest absolute Gasteiger partial charge is 0.493 e. The second kappa shape index (κ2) is 11.7. The first-order chi connectivity index (χ1) is 14.0. The van der Waals surface area contributed by atoms with Crippen LogP contribution in [-0.2, 0) is 24.1 Å². The first kappa shape index (κ1) is 23.9. The third-order valence-corrected chi connectivity index (χ3v) is 5.00. The Balaban J connectivity index is 0.00000320. The fourth-order valence-electron chi connectivity index (χ4n) is 3.34. The molecule has 1 amide bonds. The number of nitrogens with zero attached hydrogens (tertiary/aromatic N) is 1. The molecule has 1 atom stereocenters. The summed E-state index contributed by atoms with van der Waals surface area (Å²) in [5.74, 6) is 0.467. The molecular formula is C22H28FIN4O2. The van der Waals surface area contributed by atoms with Crippen LogP contribution in [0, 0.1) is 11.7 Å². The molecule has 0 spiro atoms. The Morgan fingerprint density at radius 2 is 1.93 bits per heavy atom. The minimum atomic E-state index is -0.421. The maximum absolute atomic E-state index is 13.1. The van der Waals surface area contributed by atoms with Crippen LogP contribution < -0.4 is 21.1 Å². The summed E-state index contributed by atoms with van der Waals surface area (Å²) in [6.07, 6.45) is 2.25. The highest BCUT2D eigenvalue weighted by Gasteiger charge is 2.17. The number of nitrogens with one attached hydrogen (secondary N) is 2. The molecule has 30 heavy (non-hydrogen) atoms. The van der Waals surface area contributed by atoms with Gasteiger partial charge in [0, 0.05) is 26.6 Å². The summed E-state index contributed by atoms with van der Waals surface area (Å²) in [4.78, 5) is 16.0. The summed E-state index contributed by atoms with van der Waals surface area (Å²) >= 11 is 0. The summed E-state index contributed by atoms with van der Waals surface area (Å²) in [5.41, 5.74) is 8.90. The second-order valence-electron chi connectivity index (χ2n) is 7.10. The van der Waals surface area contributed by atoms with Gasteiger partial charge in [0.2, 0.25) is 5.91 Å². The van der Waals surface area contributed by atoms with Gasteiger partial charge in [-0.1, -0.05) is 24.3 Å². The quantitative estimate of drug-likeness (QED) is 0.280. The molecule has 0 fully saturated rings. The number of primary amides is 1. The number of guanidine groups is 1. The average Bonchev–Trinajstić information content (AvgIpc) is 3.18. The van der Waals surface area contributed by atoms with Crippen LogP contribution in [0.5, 0.6) is 5.75 Å². The van der Waals surface area contributed by atoms with Crippen LogP contribution in [0.4, 0.5) is 4.39 Å². The Kier molecular flexibility index (Phi) is 9.35. The van der Waals surface area contributed by atoms with Crippen molar-refractivity contribution in [2.24, 2.45) is 16.6 Å². The van der Waals surface area contributed by atoms with Crippen molar-refractivity contribution in [3.05, 3.63) is 65.0 Å². The standard InChI is InChI=1S/C22H27FN4O2.HI/c1-25-22(26-10-8-16-4-7-20-17(12-16)9-11-29-20)27-14-18(21(24)28)13-15-2-5-19(23)6-3-15;/h2-7,12,18H,8-11,13-14H2,1H3,(H2,24,28)(H2,25,26,27);1H. The number of halogens is 2. The van der Waals surface area contributed by atoms with Crippen LogP contribution in [0.3, 0.4) is 0 Å². The van der Waals surface area contributed by atoms with E-state index < -0.39 is 11.8 Å². The van der Waals surface area contributed by atoms with E-state index in [0.717, 1.165) is 30.8 Å². The molecule has 0 saturated carbocycles. The van der Waals surface area contributed by atoms with Crippen LogP contribution in [-0.4, -0.2) is 38.6 Å². The molecule has 2 aromatic carbocycles. The van der Waals surface area contributed by atoms with Crippen molar-refractivity contribution in [3.8, 4) is 5.75 Å². The maximum Gasteiger partial charge on any atom is 0.222 e. The summed E-state index contributed by atoms with van der Waals surface area (Å²) in [5, 5.41) is 6.41. The molecule has 8 heteroatoms. The number of hydrogen-bond donors (Lipinski definition) is 3. The Bertz CT molecular complexity index is 874. The van der Waals surface area contributed by atoms with Gasteiger partial charge in [-0.2, -0.15) is 0 Å². The van der Waals surface area contributed by atoms with Crippen molar-refractivity contribution < 1.29 is 13.9 Å². The minimum Gasteiger partial charge on any atom is -0.493 e. The molecule has 1 aliphatic heterocycles. The molecule has 162 valence electrons. The Hall–Kier alpha value is -2.36. The molecule has 2 aromatic rings. The maximum atomic E-state index is 13.1. The highest BCUT2D eigenvalue weighted by molar-refractivity contribution is 14.0. The van der Waals surface area contributed by atoms with E-state index >= 15 is 0 Å². The summed E-state index contributed by atoms with van der Waals surface area (Å²) in [7, 11) is 1.68. The van der Waals surface area contributed by atoms with Crippen LogP contribution in [0.1, 0.15) is 16.7 Å². The van der Waals surface area contributed by atoms with Crippen LogP contribution in [0.2, 0.25) is 0 Å². The smallest absolute Gasteiger partial charge is 0.222 e. The second-order valence-corrected chi connectivity index (χ2v) is 7.10. The van der Waals surface area contributed by atoms with E-state index in [1.807, 2.05) is 6.07 Å². The van der Waals surface area contributed by atoms with Crippen molar-refractivity contribution in [1.29, 1.82) is 0 Å². The lowest BCUT2D eigenvalue weighted by Crippen LogP contribution is -2.43. The number of fused-ring (bicyclic) bond motifs is 1. The van der Waals surface area contributed by atoms with E-state index in [9.17, 15) is 9.18 Å². The van der Waals surface area contributed by atoms with Crippen molar-refractivity contribution >= 4 is 35.8 Å². The normalized spacial score (nSPS) is 13.6. The van der Waals surface area contributed by atoms with Gasteiger partial charge in [-0.25, -0.2) is 4.39 Å². The van der Waals surface area contributed by atoms with E-state index in [1.165, 1.54) is 23.3 Å². The first-order valence-electron chi connectivity index (χ1n) is 9.78. The minimum absolute atomic E-state index is 0. The Labute approximate surface area is 193 Å². The molecule has 0 aliphatic carbocycles. The van der Waals surface area contributed by atoms with E-state index in [4.69, 9.17) is 10.5 Å². The molecule has 1 aliphatic rings. The lowest BCUT2D eigenvalue weighted by Gasteiger charge is -2.17. The van der Waals surface area contributed by atoms with Gasteiger partial charge in [-0.05, 0) is 47.7 Å². The molecule has 0 radical (unpaired) electrons. The van der Waals surface area contributed by atoms with Gasteiger partial charge in [-0.15, -0.1) is 24.0 Å². The summed E-state index contributed by atoms with van der Waals surface area (Å²) in [6.45, 7) is 1.81. The van der Waals surface area contributed by atoms with E-state index in [-0.39, 0.29) is 29.8 Å². The Morgan fingerprint density at radius 1 is 1.20 bits per heavy atom. The lowest BCUT2D eigenvalue weighted by atomic mass is 9.98. The van der Waals surface area contributed by atoms with Crippen LogP contribution in [0.15, 0.2) is 47.5 Å². The number of ether oxygens (including phenoxy) is 1. The number of carbonyl (C=O) groups is 1. The summed E-state index contributed by atoms with van der Waals surface area (Å²) in [6, 6.07) is 12.4. The molecule has 0 saturated heterocycles. The predicted molar refractivity (Wildman–Crippen MR) is 127 cm³/mol. The van der Waals surface area contributed by atoms with E-state index in [2.05, 4.69) is 27.8 Å². The molecule has 4 N–H and O–H groups in total. The van der Waals surface area contributed by atoms with Crippen molar-refractivity contribution in [1.82, 2.24) is 10.6 Å². The van der Waals surface area contributed by atoms with Gasteiger partial charge in [0.25, 0.3) is 0 Å². The highest BCUT2D eigenvalue weighted by Crippen LogP contribution is 2.25. The fraction of sp³-hybridized carbons (Fsp3) is 0.364. The first-order valence-corrected chi connectivity index (χ1v) is 9.78. The molecule has 0 aromatic heterocycles. The zero-order valence-electron chi connectivity index (χ0n) is 17.0. The zero-order valence-corrected chi connectivity index (χ0v) is 19.3. The Morgan fingerprint density at radius 3 is 2.63 bits per heavy atom. The number of benzene rings is 2. The number of aliphatic imine (C=N–C) groups is 1. The van der Waals surface area contributed by atoms with E-state index in [1.54, 1.807) is 19.2 Å². The van der Waals surface area contributed by atoms with Gasteiger partial charge < -0.3 is 21.1 Å². The number of amides is 1. The highest BCUT2D eigenvalue weighted by atomic mass is 127. The topological polar surface area (TPSA) is 88.7 Å². The zero-order chi connectivity index (χ0) is 20.6. The number of hydrogen-bond acceptors (Lipinski definition) is 3. The molecule has 3 rings (SSSR count). The van der Waals surface area contributed by atoms with Gasteiger partial charge in [0.15, 0.2) is 5.96 Å². The lowest BCUT2D eigenvalue weighted by molar-refractivity contribution is -0.121. The van der Waals surface area contributed by atoms with Gasteiger partial charge in [0.05, 0.1) is 12.5 Å².